The van der Waals surface area contributed by atoms with Crippen LogP contribution >= 0.6 is 0 Å². The minimum Gasteiger partial charge on any atom is -0.268 e. The van der Waals surface area contributed by atoms with E-state index >= 15 is 0 Å². The highest BCUT2D eigenvalue weighted by Gasteiger charge is 2.11. The third-order valence-electron chi connectivity index (χ3n) is 1.66. The summed E-state index contributed by atoms with van der Waals surface area (Å²) in [7, 11) is -4.28. The zero-order valence-electron chi connectivity index (χ0n) is 6.45. The van der Waals surface area contributed by atoms with Crippen LogP contribution in [-0.2, 0) is 10.3 Å². The van der Waals surface area contributed by atoms with Crippen LogP contribution in [-0.4, -0.2) is 22.2 Å². The summed E-state index contributed by atoms with van der Waals surface area (Å²) >= 11 is 0. The van der Waals surface area contributed by atoms with Crippen LogP contribution in [0.3, 0.4) is 0 Å². The number of hydrogen-bond acceptors (Lipinski definition) is 3. The van der Waals surface area contributed by atoms with Gasteiger partial charge in [-0.3, -0.25) is 4.55 Å². The van der Waals surface area contributed by atoms with E-state index in [-0.39, 0.29) is 0 Å². The standard InChI is InChI=1S/C7H6N2O3S/c10-13(11,12)9-7-4-2-1-3-6(7)5-8-9/h1-5H,(H,10,11,12). The zero-order valence-corrected chi connectivity index (χ0v) is 7.27. The van der Waals surface area contributed by atoms with Gasteiger partial charge in [-0.15, -0.1) is 4.09 Å². The summed E-state index contributed by atoms with van der Waals surface area (Å²) < 4.78 is 30.9. The summed E-state index contributed by atoms with van der Waals surface area (Å²) in [5, 5.41) is 4.21. The van der Waals surface area contributed by atoms with Gasteiger partial charge in [0.1, 0.15) is 0 Å². The number of para-hydroxylation sites is 1. The number of aromatic nitrogens is 2. The molecule has 6 heteroatoms. The van der Waals surface area contributed by atoms with Gasteiger partial charge >= 0.3 is 10.3 Å². The Hall–Kier alpha value is -1.40. The maximum absolute atomic E-state index is 10.8. The lowest BCUT2D eigenvalue weighted by molar-refractivity contribution is 0.468. The van der Waals surface area contributed by atoms with E-state index in [1.165, 1.54) is 6.20 Å². The van der Waals surface area contributed by atoms with E-state index in [9.17, 15) is 8.42 Å². The Balaban J connectivity index is 2.87. The molecule has 1 aromatic carbocycles. The highest BCUT2D eigenvalue weighted by Crippen LogP contribution is 2.13. The fraction of sp³-hybridized carbons (Fsp3) is 0. The summed E-state index contributed by atoms with van der Waals surface area (Å²) in [5.41, 5.74) is 0.366. The van der Waals surface area contributed by atoms with Crippen molar-refractivity contribution in [1.82, 2.24) is 9.19 Å². The molecule has 0 aliphatic rings. The van der Waals surface area contributed by atoms with Crippen LogP contribution in [0.1, 0.15) is 0 Å². The van der Waals surface area contributed by atoms with Crippen molar-refractivity contribution in [3.05, 3.63) is 30.5 Å². The minimum atomic E-state index is -4.28. The molecule has 13 heavy (non-hydrogen) atoms. The predicted molar refractivity (Wildman–Crippen MR) is 46.7 cm³/mol. The molecular weight excluding hydrogens is 192 g/mol. The molecule has 0 fully saturated rings. The van der Waals surface area contributed by atoms with Crippen molar-refractivity contribution in [2.75, 3.05) is 0 Å². The zero-order chi connectivity index (χ0) is 9.47. The predicted octanol–water partition coefficient (Wildman–Crippen LogP) is 0.687. The van der Waals surface area contributed by atoms with Crippen molar-refractivity contribution in [2.24, 2.45) is 0 Å². The third kappa shape index (κ3) is 1.30. The highest BCUT2D eigenvalue weighted by molar-refractivity contribution is 7.84. The molecule has 0 spiro atoms. The van der Waals surface area contributed by atoms with Gasteiger partial charge in [-0.25, -0.2) is 0 Å². The Morgan fingerprint density at radius 3 is 2.69 bits per heavy atom. The minimum absolute atomic E-state index is 0.366. The molecule has 1 N–H and O–H groups in total. The van der Waals surface area contributed by atoms with E-state index in [4.69, 9.17) is 4.55 Å². The van der Waals surface area contributed by atoms with Gasteiger partial charge < -0.3 is 0 Å². The summed E-state index contributed by atoms with van der Waals surface area (Å²) in [6, 6.07) is 6.71. The molecule has 2 rings (SSSR count). The van der Waals surface area contributed by atoms with Crippen LogP contribution in [0.25, 0.3) is 10.9 Å². The molecule has 0 radical (unpaired) electrons. The Morgan fingerprint density at radius 1 is 1.31 bits per heavy atom. The van der Waals surface area contributed by atoms with E-state index in [1.807, 2.05) is 0 Å². The topological polar surface area (TPSA) is 72.2 Å². The molecule has 0 atom stereocenters. The maximum Gasteiger partial charge on any atom is 0.379 e. The van der Waals surface area contributed by atoms with Crippen molar-refractivity contribution < 1.29 is 13.0 Å². The van der Waals surface area contributed by atoms with Crippen LogP contribution < -0.4 is 0 Å². The highest BCUT2D eigenvalue weighted by atomic mass is 32.2. The molecule has 0 saturated heterocycles. The van der Waals surface area contributed by atoms with Gasteiger partial charge in [-0.05, 0) is 6.07 Å². The smallest absolute Gasteiger partial charge is 0.268 e. The normalized spacial score (nSPS) is 12.1. The fourth-order valence-electron chi connectivity index (χ4n) is 1.13. The van der Waals surface area contributed by atoms with Crippen molar-refractivity contribution in [1.29, 1.82) is 0 Å². The van der Waals surface area contributed by atoms with Gasteiger partial charge in [0, 0.05) is 5.39 Å². The van der Waals surface area contributed by atoms with Gasteiger partial charge in [-0.1, -0.05) is 18.2 Å². The van der Waals surface area contributed by atoms with Gasteiger partial charge in [0.25, 0.3) is 0 Å². The molecule has 1 aromatic heterocycles. The Kier molecular flexibility index (Phi) is 1.61. The van der Waals surface area contributed by atoms with Crippen molar-refractivity contribution in [3.8, 4) is 0 Å². The van der Waals surface area contributed by atoms with Crippen LogP contribution in [0.15, 0.2) is 30.5 Å². The lowest BCUT2D eigenvalue weighted by Crippen LogP contribution is -2.11. The molecule has 5 nitrogen and oxygen atoms in total. The average molecular weight is 198 g/mol. The first kappa shape index (κ1) is 8.21. The van der Waals surface area contributed by atoms with E-state index in [0.717, 1.165) is 0 Å². The van der Waals surface area contributed by atoms with E-state index < -0.39 is 10.3 Å². The van der Waals surface area contributed by atoms with Crippen LogP contribution in [0, 0.1) is 0 Å². The molecule has 0 bridgehead atoms. The van der Waals surface area contributed by atoms with Crippen molar-refractivity contribution in [2.45, 2.75) is 0 Å². The molecule has 0 amide bonds. The second kappa shape index (κ2) is 2.54. The average Bonchev–Trinajstić information content (AvgIpc) is 2.45. The van der Waals surface area contributed by atoms with Gasteiger partial charge in [0.15, 0.2) is 0 Å². The molecule has 0 unspecified atom stereocenters. The van der Waals surface area contributed by atoms with E-state index in [2.05, 4.69) is 5.10 Å². The second-order valence-corrected chi connectivity index (χ2v) is 3.77. The summed E-state index contributed by atoms with van der Waals surface area (Å²) in [6.45, 7) is 0. The molecule has 1 heterocycles. The Labute approximate surface area is 74.5 Å². The monoisotopic (exact) mass is 198 g/mol. The second-order valence-electron chi connectivity index (χ2n) is 2.52. The molecular formula is C7H6N2O3S. The number of rotatable bonds is 1. The number of benzene rings is 1. The fourth-order valence-corrected chi connectivity index (χ4v) is 1.71. The summed E-state index contributed by atoms with van der Waals surface area (Å²) in [4.78, 5) is 0. The number of hydrogen-bond donors (Lipinski definition) is 1. The Morgan fingerprint density at radius 2 is 2.00 bits per heavy atom. The first-order chi connectivity index (χ1) is 6.09. The number of nitrogens with zero attached hydrogens (tertiary/aromatic N) is 2. The SMILES string of the molecule is O=S(=O)(O)n1ncc2ccccc21. The van der Waals surface area contributed by atoms with Crippen molar-refractivity contribution in [3.63, 3.8) is 0 Å². The largest absolute Gasteiger partial charge is 0.379 e. The lowest BCUT2D eigenvalue weighted by Gasteiger charge is -1.96. The molecule has 0 aliphatic carbocycles. The number of fused-ring (bicyclic) bond motifs is 1. The summed E-state index contributed by atoms with van der Waals surface area (Å²) in [6.07, 6.45) is 1.38. The Bertz CT molecular complexity index is 544. The molecule has 0 aliphatic heterocycles. The first-order valence-electron chi connectivity index (χ1n) is 3.50. The van der Waals surface area contributed by atoms with E-state index in [1.54, 1.807) is 24.3 Å². The van der Waals surface area contributed by atoms with Crippen LogP contribution in [0.5, 0.6) is 0 Å². The molecule has 0 saturated carbocycles. The lowest BCUT2D eigenvalue weighted by atomic mass is 10.3. The third-order valence-corrected chi connectivity index (χ3v) is 2.39. The van der Waals surface area contributed by atoms with Crippen molar-refractivity contribution >= 4 is 21.2 Å². The maximum atomic E-state index is 10.8. The van der Waals surface area contributed by atoms with Gasteiger partial charge in [0.2, 0.25) is 0 Å². The first-order valence-corrected chi connectivity index (χ1v) is 4.89. The molecule has 68 valence electrons. The van der Waals surface area contributed by atoms with Crippen LogP contribution in [0.4, 0.5) is 0 Å². The van der Waals surface area contributed by atoms with Crippen LogP contribution in [0.2, 0.25) is 0 Å². The van der Waals surface area contributed by atoms with E-state index in [0.29, 0.717) is 15.0 Å². The van der Waals surface area contributed by atoms with Gasteiger partial charge in [0.05, 0.1) is 11.7 Å². The quantitative estimate of drug-likeness (QED) is 0.684. The van der Waals surface area contributed by atoms with Gasteiger partial charge in [-0.2, -0.15) is 13.5 Å². The molecule has 2 aromatic rings. The summed E-state index contributed by atoms with van der Waals surface area (Å²) in [5.74, 6) is 0.